The van der Waals surface area contributed by atoms with Crippen LogP contribution in [0.15, 0.2) is 0 Å². The molecule has 16 heavy (non-hydrogen) atoms. The molecule has 2 aliphatic rings. The van der Waals surface area contributed by atoms with Gasteiger partial charge in [0.1, 0.15) is 5.54 Å². The van der Waals surface area contributed by atoms with E-state index in [2.05, 4.69) is 0 Å². The Balaban J connectivity index is 2.34. The third kappa shape index (κ3) is 1.60. The van der Waals surface area contributed by atoms with Gasteiger partial charge in [-0.05, 0) is 38.0 Å². The van der Waals surface area contributed by atoms with Crippen molar-refractivity contribution in [3.05, 3.63) is 0 Å². The molecule has 0 saturated heterocycles. The van der Waals surface area contributed by atoms with Crippen molar-refractivity contribution >= 4 is 11.9 Å². The number of hydrogen-bond acceptors (Lipinski definition) is 2. The lowest BCUT2D eigenvalue weighted by molar-refractivity contribution is -0.161. The Hall–Kier alpha value is -1.06. The second-order valence-corrected chi connectivity index (χ2v) is 4.98. The van der Waals surface area contributed by atoms with Crippen molar-refractivity contribution in [2.75, 3.05) is 0 Å². The molecule has 0 heterocycles. The van der Waals surface area contributed by atoms with Gasteiger partial charge in [0.15, 0.2) is 0 Å². The topological polar surface area (TPSA) is 57.6 Å². The molecule has 0 radical (unpaired) electrons. The quantitative estimate of drug-likeness (QED) is 0.773. The SMILES string of the molecule is CCC(C(=O)O)(C1CC1)N(C(C)=O)C1CC1. The second kappa shape index (κ2) is 3.75. The van der Waals surface area contributed by atoms with E-state index in [1.54, 1.807) is 4.90 Å². The molecule has 0 bridgehead atoms. The van der Waals surface area contributed by atoms with E-state index in [4.69, 9.17) is 0 Å². The summed E-state index contributed by atoms with van der Waals surface area (Å²) >= 11 is 0. The molecule has 2 fully saturated rings. The first-order valence-electron chi connectivity index (χ1n) is 6.07. The molecule has 2 rings (SSSR count). The van der Waals surface area contributed by atoms with Gasteiger partial charge in [-0.25, -0.2) is 4.79 Å². The van der Waals surface area contributed by atoms with Crippen LogP contribution in [0.2, 0.25) is 0 Å². The lowest BCUT2D eigenvalue weighted by atomic mass is 9.87. The van der Waals surface area contributed by atoms with Gasteiger partial charge in [0.25, 0.3) is 0 Å². The summed E-state index contributed by atoms with van der Waals surface area (Å²) in [5, 5.41) is 9.54. The van der Waals surface area contributed by atoms with Gasteiger partial charge in [0.2, 0.25) is 5.91 Å². The Morgan fingerprint density at radius 3 is 2.12 bits per heavy atom. The predicted octanol–water partition coefficient (Wildman–Crippen LogP) is 1.64. The third-order valence-electron chi connectivity index (χ3n) is 3.84. The first-order chi connectivity index (χ1) is 7.54. The number of carboxylic acids is 1. The molecule has 0 aromatic carbocycles. The molecular weight excluding hydrogens is 206 g/mol. The average molecular weight is 225 g/mol. The maximum Gasteiger partial charge on any atom is 0.329 e. The Morgan fingerprint density at radius 1 is 1.31 bits per heavy atom. The molecule has 4 heteroatoms. The lowest BCUT2D eigenvalue weighted by Gasteiger charge is -2.40. The van der Waals surface area contributed by atoms with Crippen LogP contribution in [0, 0.1) is 5.92 Å². The summed E-state index contributed by atoms with van der Waals surface area (Å²) < 4.78 is 0. The predicted molar refractivity (Wildman–Crippen MR) is 58.9 cm³/mol. The van der Waals surface area contributed by atoms with Gasteiger partial charge in [-0.1, -0.05) is 6.92 Å². The van der Waals surface area contributed by atoms with E-state index in [0.29, 0.717) is 6.42 Å². The van der Waals surface area contributed by atoms with Gasteiger partial charge in [0, 0.05) is 13.0 Å². The molecule has 0 aliphatic heterocycles. The molecule has 2 saturated carbocycles. The second-order valence-electron chi connectivity index (χ2n) is 4.98. The number of aliphatic carboxylic acids is 1. The highest BCUT2D eigenvalue weighted by molar-refractivity contribution is 5.87. The van der Waals surface area contributed by atoms with E-state index in [-0.39, 0.29) is 17.9 Å². The van der Waals surface area contributed by atoms with Crippen molar-refractivity contribution in [1.82, 2.24) is 4.90 Å². The fraction of sp³-hybridized carbons (Fsp3) is 0.833. The minimum Gasteiger partial charge on any atom is -0.479 e. The maximum absolute atomic E-state index is 11.7. The minimum atomic E-state index is -0.924. The molecule has 0 aromatic heterocycles. The van der Waals surface area contributed by atoms with Gasteiger partial charge in [0.05, 0.1) is 0 Å². The highest BCUT2D eigenvalue weighted by Gasteiger charge is 2.58. The molecule has 2 aliphatic carbocycles. The summed E-state index contributed by atoms with van der Waals surface area (Å²) in [5.74, 6) is -0.738. The van der Waals surface area contributed by atoms with Crippen molar-refractivity contribution in [3.63, 3.8) is 0 Å². The summed E-state index contributed by atoms with van der Waals surface area (Å²) in [7, 11) is 0. The van der Waals surface area contributed by atoms with Crippen molar-refractivity contribution in [1.29, 1.82) is 0 Å². The summed E-state index contributed by atoms with van der Waals surface area (Å²) in [5.41, 5.74) is -0.924. The monoisotopic (exact) mass is 225 g/mol. The van der Waals surface area contributed by atoms with Crippen LogP contribution in [0.3, 0.4) is 0 Å². The standard InChI is InChI=1S/C12H19NO3/c1-3-12(11(15)16,9-4-5-9)13(8(2)14)10-6-7-10/h9-10H,3-7H2,1-2H3,(H,15,16). The van der Waals surface area contributed by atoms with E-state index in [1.165, 1.54) is 6.92 Å². The third-order valence-corrected chi connectivity index (χ3v) is 3.84. The van der Waals surface area contributed by atoms with Gasteiger partial charge >= 0.3 is 5.97 Å². The Labute approximate surface area is 95.6 Å². The van der Waals surface area contributed by atoms with Crippen LogP contribution >= 0.6 is 0 Å². The number of carbonyl (C=O) groups is 2. The van der Waals surface area contributed by atoms with E-state index >= 15 is 0 Å². The minimum absolute atomic E-state index is 0.0846. The zero-order valence-electron chi connectivity index (χ0n) is 9.90. The normalized spacial score (nSPS) is 23.6. The lowest BCUT2D eigenvalue weighted by Crippen LogP contribution is -2.58. The van der Waals surface area contributed by atoms with Crippen molar-refractivity contribution in [2.45, 2.75) is 57.5 Å². The van der Waals surface area contributed by atoms with E-state index in [9.17, 15) is 14.7 Å². The Kier molecular flexibility index (Phi) is 2.68. The average Bonchev–Trinajstić information content (AvgIpc) is 3.01. The molecule has 1 amide bonds. The first kappa shape index (κ1) is 11.4. The summed E-state index contributed by atoms with van der Waals surface area (Å²) in [6.45, 7) is 3.37. The van der Waals surface area contributed by atoms with Crippen LogP contribution < -0.4 is 0 Å². The van der Waals surface area contributed by atoms with E-state index < -0.39 is 11.5 Å². The van der Waals surface area contributed by atoms with Crippen molar-refractivity contribution < 1.29 is 14.7 Å². The van der Waals surface area contributed by atoms with Crippen LogP contribution in [0.1, 0.15) is 46.0 Å². The molecule has 1 atom stereocenters. The van der Waals surface area contributed by atoms with Gasteiger partial charge in [-0.3, -0.25) is 4.79 Å². The fourth-order valence-electron chi connectivity index (χ4n) is 2.84. The van der Waals surface area contributed by atoms with E-state index in [1.807, 2.05) is 6.92 Å². The molecule has 4 nitrogen and oxygen atoms in total. The molecule has 1 unspecified atom stereocenters. The summed E-state index contributed by atoms with van der Waals surface area (Å²) in [4.78, 5) is 25.0. The highest BCUT2D eigenvalue weighted by atomic mass is 16.4. The first-order valence-corrected chi connectivity index (χ1v) is 6.07. The number of nitrogens with zero attached hydrogens (tertiary/aromatic N) is 1. The number of amides is 1. The van der Waals surface area contributed by atoms with Crippen LogP contribution in [-0.2, 0) is 9.59 Å². The fourth-order valence-corrected chi connectivity index (χ4v) is 2.84. The van der Waals surface area contributed by atoms with Crippen molar-refractivity contribution in [3.8, 4) is 0 Å². The van der Waals surface area contributed by atoms with Crippen LogP contribution in [0.25, 0.3) is 0 Å². The number of hydrogen-bond donors (Lipinski definition) is 1. The molecular formula is C12H19NO3. The van der Waals surface area contributed by atoms with Crippen molar-refractivity contribution in [2.24, 2.45) is 5.92 Å². The number of carboxylic acid groups (broad SMARTS) is 1. The molecule has 90 valence electrons. The van der Waals surface area contributed by atoms with Crippen LogP contribution in [0.4, 0.5) is 0 Å². The van der Waals surface area contributed by atoms with Crippen LogP contribution in [0.5, 0.6) is 0 Å². The molecule has 0 aromatic rings. The maximum atomic E-state index is 11.7. The van der Waals surface area contributed by atoms with Gasteiger partial charge in [-0.2, -0.15) is 0 Å². The number of carbonyl (C=O) groups excluding carboxylic acids is 1. The van der Waals surface area contributed by atoms with Crippen LogP contribution in [-0.4, -0.2) is 33.5 Å². The summed E-state index contributed by atoms with van der Waals surface area (Å²) in [6.07, 6.45) is 4.32. The summed E-state index contributed by atoms with van der Waals surface area (Å²) in [6, 6.07) is 0.175. The molecule has 0 spiro atoms. The zero-order chi connectivity index (χ0) is 11.9. The van der Waals surface area contributed by atoms with Gasteiger partial charge in [-0.15, -0.1) is 0 Å². The smallest absolute Gasteiger partial charge is 0.329 e. The largest absolute Gasteiger partial charge is 0.479 e. The zero-order valence-corrected chi connectivity index (χ0v) is 9.90. The Bertz CT molecular complexity index is 320. The Morgan fingerprint density at radius 2 is 1.88 bits per heavy atom. The van der Waals surface area contributed by atoms with E-state index in [0.717, 1.165) is 25.7 Å². The number of rotatable bonds is 5. The van der Waals surface area contributed by atoms with Gasteiger partial charge < -0.3 is 10.0 Å². The molecule has 1 N–H and O–H groups in total. The highest BCUT2D eigenvalue weighted by Crippen LogP contribution is 2.48.